The number of ether oxygens (including phenoxy) is 2. The maximum absolute atomic E-state index is 10.5. The maximum Gasteiger partial charge on any atom is 0.0894 e. The van der Waals surface area contributed by atoms with Crippen LogP contribution in [0.2, 0.25) is 0 Å². The van der Waals surface area contributed by atoms with Gasteiger partial charge in [0.1, 0.15) is 0 Å². The lowest BCUT2D eigenvalue weighted by Gasteiger charge is -2.61. The number of aliphatic hydroxyl groups excluding tert-OH is 2. The van der Waals surface area contributed by atoms with Gasteiger partial charge in [-0.2, -0.15) is 0 Å². The molecule has 5 rings (SSSR count). The van der Waals surface area contributed by atoms with E-state index in [1.807, 2.05) is 0 Å². The van der Waals surface area contributed by atoms with E-state index in [9.17, 15) is 10.2 Å². The molecule has 4 aliphatic carbocycles. The Morgan fingerprint density at radius 3 is 2.64 bits per heavy atom. The predicted molar refractivity (Wildman–Crippen MR) is 94.0 cm³/mol. The summed E-state index contributed by atoms with van der Waals surface area (Å²) in [7, 11) is 0. The molecule has 0 aromatic heterocycles. The van der Waals surface area contributed by atoms with Crippen molar-refractivity contribution in [1.82, 2.24) is 0 Å². The van der Waals surface area contributed by atoms with Gasteiger partial charge in [0.25, 0.3) is 0 Å². The SMILES string of the molecule is C[C@]12CC[C@H]3[C@@H](CC[C@H]4CC[C@H](O)C[C@]43CO)[C@@H]1CC1OCCOC12. The fraction of sp³-hybridized carbons (Fsp3) is 1.00. The van der Waals surface area contributed by atoms with Gasteiger partial charge in [-0.15, -0.1) is 0 Å². The summed E-state index contributed by atoms with van der Waals surface area (Å²) in [6.45, 7) is 4.19. The molecule has 9 atom stereocenters. The van der Waals surface area contributed by atoms with Crippen LogP contribution in [0.5, 0.6) is 0 Å². The molecule has 0 aromatic carbocycles. The molecule has 2 unspecified atom stereocenters. The molecular weight excluding hydrogens is 316 g/mol. The summed E-state index contributed by atoms with van der Waals surface area (Å²) in [6, 6.07) is 0. The van der Waals surface area contributed by atoms with E-state index in [0.717, 1.165) is 38.9 Å². The fourth-order valence-electron chi connectivity index (χ4n) is 8.15. The van der Waals surface area contributed by atoms with Crippen LogP contribution in [0, 0.1) is 34.5 Å². The third-order valence-corrected chi connectivity index (χ3v) is 9.22. The minimum absolute atomic E-state index is 0.0304. The van der Waals surface area contributed by atoms with Crippen molar-refractivity contribution < 1.29 is 19.7 Å². The molecule has 0 spiro atoms. The van der Waals surface area contributed by atoms with E-state index in [1.165, 1.54) is 25.7 Å². The van der Waals surface area contributed by atoms with Crippen LogP contribution in [0.15, 0.2) is 0 Å². The molecule has 4 saturated carbocycles. The smallest absolute Gasteiger partial charge is 0.0894 e. The monoisotopic (exact) mass is 350 g/mol. The average molecular weight is 350 g/mol. The molecule has 4 heteroatoms. The Balaban J connectivity index is 1.47. The summed E-state index contributed by atoms with van der Waals surface area (Å²) in [4.78, 5) is 0. The van der Waals surface area contributed by atoms with Crippen LogP contribution in [-0.4, -0.2) is 48.3 Å². The van der Waals surface area contributed by atoms with Crippen LogP contribution < -0.4 is 0 Å². The van der Waals surface area contributed by atoms with Crippen molar-refractivity contribution >= 4 is 0 Å². The summed E-state index contributed by atoms with van der Waals surface area (Å²) in [5.41, 5.74) is 0.209. The van der Waals surface area contributed by atoms with Crippen LogP contribution in [0.25, 0.3) is 0 Å². The van der Waals surface area contributed by atoms with Crippen molar-refractivity contribution in [1.29, 1.82) is 0 Å². The third kappa shape index (κ3) is 2.27. The lowest BCUT2D eigenvalue weighted by atomic mass is 9.44. The lowest BCUT2D eigenvalue weighted by molar-refractivity contribution is -0.184. The van der Waals surface area contributed by atoms with Crippen LogP contribution >= 0.6 is 0 Å². The minimum atomic E-state index is -0.215. The van der Waals surface area contributed by atoms with Crippen LogP contribution in [0.4, 0.5) is 0 Å². The molecule has 1 saturated heterocycles. The Kier molecular flexibility index (Phi) is 4.02. The van der Waals surface area contributed by atoms with E-state index in [-0.39, 0.29) is 35.7 Å². The first-order chi connectivity index (χ1) is 12.1. The minimum Gasteiger partial charge on any atom is -0.396 e. The van der Waals surface area contributed by atoms with E-state index in [4.69, 9.17) is 9.47 Å². The molecule has 142 valence electrons. The molecule has 1 aliphatic heterocycles. The highest BCUT2D eigenvalue weighted by molar-refractivity contribution is 5.13. The average Bonchev–Trinajstić information content (AvgIpc) is 2.94. The Morgan fingerprint density at radius 1 is 1.00 bits per heavy atom. The van der Waals surface area contributed by atoms with Gasteiger partial charge < -0.3 is 19.7 Å². The standard InChI is InChI=1S/C21H34O4/c1-20-7-6-16-15(17(20)10-18-19(20)25-9-8-24-18)5-3-13-2-4-14(23)11-21(13,16)12-22/h13-19,22-23H,2-12H2,1H3/t13-,14+,15-,16+,17+,18?,19?,20+,21+/m1/s1. The molecule has 0 aromatic rings. The van der Waals surface area contributed by atoms with Crippen molar-refractivity contribution in [2.45, 2.75) is 76.6 Å². The van der Waals surface area contributed by atoms with Gasteiger partial charge in [0, 0.05) is 12.0 Å². The van der Waals surface area contributed by atoms with Crippen LogP contribution in [0.1, 0.15) is 58.3 Å². The van der Waals surface area contributed by atoms with E-state index in [2.05, 4.69) is 6.92 Å². The van der Waals surface area contributed by atoms with E-state index in [1.54, 1.807) is 0 Å². The van der Waals surface area contributed by atoms with Crippen LogP contribution in [-0.2, 0) is 9.47 Å². The molecule has 0 bridgehead atoms. The highest BCUT2D eigenvalue weighted by Gasteiger charge is 2.64. The van der Waals surface area contributed by atoms with Crippen molar-refractivity contribution in [3.8, 4) is 0 Å². The van der Waals surface area contributed by atoms with Gasteiger partial charge in [-0.25, -0.2) is 0 Å². The second-order valence-electron chi connectivity index (χ2n) is 9.96. The highest BCUT2D eigenvalue weighted by atomic mass is 16.6. The first kappa shape index (κ1) is 17.0. The first-order valence-corrected chi connectivity index (χ1v) is 10.6. The molecule has 0 amide bonds. The van der Waals surface area contributed by atoms with Gasteiger partial charge in [0.2, 0.25) is 0 Å². The van der Waals surface area contributed by atoms with Crippen molar-refractivity contribution in [3.63, 3.8) is 0 Å². The number of rotatable bonds is 1. The van der Waals surface area contributed by atoms with E-state index >= 15 is 0 Å². The molecule has 5 fully saturated rings. The summed E-state index contributed by atoms with van der Waals surface area (Å²) in [5.74, 6) is 2.51. The Hall–Kier alpha value is -0.160. The Bertz CT molecular complexity index is 524. The van der Waals surface area contributed by atoms with Gasteiger partial charge in [-0.3, -0.25) is 0 Å². The molecule has 5 aliphatic rings. The van der Waals surface area contributed by atoms with Crippen molar-refractivity contribution in [2.24, 2.45) is 34.5 Å². The van der Waals surface area contributed by atoms with Gasteiger partial charge >= 0.3 is 0 Å². The quantitative estimate of drug-likeness (QED) is 0.763. The van der Waals surface area contributed by atoms with Gasteiger partial charge in [-0.05, 0) is 80.5 Å². The summed E-state index contributed by atoms with van der Waals surface area (Å²) >= 11 is 0. The normalized spacial score (nSPS) is 58.0. The summed E-state index contributed by atoms with van der Waals surface area (Å²) in [6.07, 6.45) is 9.23. The molecule has 25 heavy (non-hydrogen) atoms. The lowest BCUT2D eigenvalue weighted by Crippen LogP contribution is -2.57. The topological polar surface area (TPSA) is 58.9 Å². The molecule has 4 nitrogen and oxygen atoms in total. The van der Waals surface area contributed by atoms with Gasteiger partial charge in [0.15, 0.2) is 0 Å². The van der Waals surface area contributed by atoms with E-state index < -0.39 is 0 Å². The number of fused-ring (bicyclic) bond motifs is 7. The van der Waals surface area contributed by atoms with E-state index in [0.29, 0.717) is 23.7 Å². The number of hydrogen-bond acceptors (Lipinski definition) is 4. The zero-order valence-corrected chi connectivity index (χ0v) is 15.5. The fourth-order valence-corrected chi connectivity index (χ4v) is 8.15. The van der Waals surface area contributed by atoms with Crippen molar-refractivity contribution in [2.75, 3.05) is 19.8 Å². The Labute approximate surface area is 151 Å². The zero-order valence-electron chi connectivity index (χ0n) is 15.5. The predicted octanol–water partition coefficient (Wildman–Crippen LogP) is 2.76. The largest absolute Gasteiger partial charge is 0.396 e. The molecule has 0 radical (unpaired) electrons. The maximum atomic E-state index is 10.5. The molecular formula is C21H34O4. The number of hydrogen-bond donors (Lipinski definition) is 2. The van der Waals surface area contributed by atoms with Crippen LogP contribution in [0.3, 0.4) is 0 Å². The highest BCUT2D eigenvalue weighted by Crippen LogP contribution is 2.67. The zero-order chi connectivity index (χ0) is 17.2. The van der Waals surface area contributed by atoms with Gasteiger partial charge in [0.05, 0.1) is 31.5 Å². The Morgan fingerprint density at radius 2 is 1.80 bits per heavy atom. The second kappa shape index (κ2) is 5.92. The van der Waals surface area contributed by atoms with Crippen molar-refractivity contribution in [3.05, 3.63) is 0 Å². The number of aliphatic hydroxyl groups is 2. The second-order valence-corrected chi connectivity index (χ2v) is 9.96. The van der Waals surface area contributed by atoms with Gasteiger partial charge in [-0.1, -0.05) is 6.92 Å². The summed E-state index contributed by atoms with van der Waals surface area (Å²) < 4.78 is 12.3. The molecule has 1 heterocycles. The molecule has 2 N–H and O–H groups in total. The third-order valence-electron chi connectivity index (χ3n) is 9.22. The first-order valence-electron chi connectivity index (χ1n) is 10.6. The summed E-state index contributed by atoms with van der Waals surface area (Å²) in [5, 5.41) is 20.9.